The van der Waals surface area contributed by atoms with Crippen molar-refractivity contribution in [3.63, 3.8) is 0 Å². The van der Waals surface area contributed by atoms with Gasteiger partial charge >= 0.3 is 5.97 Å². The van der Waals surface area contributed by atoms with Crippen LogP contribution in [0.5, 0.6) is 0 Å². The van der Waals surface area contributed by atoms with Crippen LogP contribution < -0.4 is 0 Å². The third kappa shape index (κ3) is 3.77. The molecule has 0 aromatic heterocycles. The van der Waals surface area contributed by atoms with Gasteiger partial charge in [0.2, 0.25) is 0 Å². The van der Waals surface area contributed by atoms with E-state index in [1.54, 1.807) is 6.08 Å². The number of nitrogens with zero attached hydrogens (tertiary/aromatic N) is 1. The topological polar surface area (TPSA) is 99.4 Å². The van der Waals surface area contributed by atoms with Crippen molar-refractivity contribution >= 4 is 12.2 Å². The third-order valence-electron chi connectivity index (χ3n) is 11.3. The van der Waals surface area contributed by atoms with Gasteiger partial charge in [0, 0.05) is 36.1 Å². The average molecular weight is 508 g/mol. The summed E-state index contributed by atoms with van der Waals surface area (Å²) in [6.45, 7) is 3.23. The van der Waals surface area contributed by atoms with E-state index < -0.39 is 22.7 Å². The van der Waals surface area contributed by atoms with E-state index in [-0.39, 0.29) is 29.1 Å². The van der Waals surface area contributed by atoms with E-state index >= 15 is 0 Å². The van der Waals surface area contributed by atoms with Gasteiger partial charge in [0.1, 0.15) is 6.61 Å². The molecule has 4 aliphatic carbocycles. The molecule has 8 atom stereocenters. The lowest BCUT2D eigenvalue weighted by molar-refractivity contribution is -0.237. The molecule has 4 saturated carbocycles. The summed E-state index contributed by atoms with van der Waals surface area (Å²) < 4.78 is 5.25. The van der Waals surface area contributed by atoms with E-state index in [4.69, 9.17) is 9.73 Å². The molecule has 5 aliphatic rings. The number of aliphatic hydroxyl groups excluding tert-OH is 1. The van der Waals surface area contributed by atoms with Crippen molar-refractivity contribution in [2.24, 2.45) is 33.6 Å². The Balaban J connectivity index is 1.31. The van der Waals surface area contributed by atoms with E-state index in [1.807, 2.05) is 18.2 Å². The van der Waals surface area contributed by atoms with Crippen LogP contribution in [0.3, 0.4) is 0 Å². The fourth-order valence-electron chi connectivity index (χ4n) is 9.43. The van der Waals surface area contributed by atoms with Crippen molar-refractivity contribution in [3.8, 4) is 0 Å². The maximum atomic E-state index is 12.5. The zero-order valence-corrected chi connectivity index (χ0v) is 21.9. The highest BCUT2D eigenvalue weighted by molar-refractivity contribution is 5.85. The molecular weight excluding hydrogens is 466 g/mol. The number of benzene rings is 1. The molecule has 1 aromatic carbocycles. The summed E-state index contributed by atoms with van der Waals surface area (Å²) in [6.07, 6.45) is 10.4. The SMILES string of the molecule is C[C@]12CC[C@H]3[C@H](CC[C@]4(O)C[C@H](O)CC[C@]34C=NCCc3ccccc3)[C@]1(O)CC[C@@H]2C1=CC(=O)OC1. The lowest BCUT2D eigenvalue weighted by Crippen LogP contribution is -2.68. The number of carbonyl (C=O) groups excluding carboxylic acids is 1. The second-order valence-corrected chi connectivity index (χ2v) is 12.8. The highest BCUT2D eigenvalue weighted by Crippen LogP contribution is 2.70. The van der Waals surface area contributed by atoms with E-state index in [0.29, 0.717) is 45.3 Å². The number of cyclic esters (lactones) is 1. The molecule has 0 bridgehead atoms. The summed E-state index contributed by atoms with van der Waals surface area (Å²) in [7, 11) is 0. The van der Waals surface area contributed by atoms with Crippen molar-refractivity contribution < 1.29 is 24.9 Å². The largest absolute Gasteiger partial charge is 0.458 e. The zero-order chi connectivity index (χ0) is 25.9. The first-order valence-corrected chi connectivity index (χ1v) is 14.3. The predicted octanol–water partition coefficient (Wildman–Crippen LogP) is 4.01. The number of hydrogen-bond acceptors (Lipinski definition) is 6. The highest BCUT2D eigenvalue weighted by Gasteiger charge is 2.71. The summed E-state index contributed by atoms with van der Waals surface area (Å²) in [5, 5.41) is 35.2. The Kier molecular flexibility index (Phi) is 6.17. The first-order chi connectivity index (χ1) is 17.7. The normalized spacial score (nSPS) is 45.2. The van der Waals surface area contributed by atoms with E-state index in [1.165, 1.54) is 5.56 Å². The molecule has 0 amide bonds. The molecule has 1 aliphatic heterocycles. The fraction of sp³-hybridized carbons (Fsp3) is 0.677. The maximum absolute atomic E-state index is 12.5. The van der Waals surface area contributed by atoms with Crippen molar-refractivity contribution in [2.75, 3.05) is 13.2 Å². The van der Waals surface area contributed by atoms with Crippen molar-refractivity contribution in [2.45, 2.75) is 88.4 Å². The minimum Gasteiger partial charge on any atom is -0.458 e. The third-order valence-corrected chi connectivity index (χ3v) is 11.3. The standard InChI is InChI=1S/C31H41NO5/c1-28-12-8-25-26(31(28,36)15-10-24(28)22-17-27(34)37-19-22)9-14-30(35)18-23(33)7-13-29(25,30)20-32-16-11-21-5-3-2-4-6-21/h2-6,17,20,23-26,33,35-36H,7-16,18-19H2,1H3/t23-,24-,25+,26+,28-,29+,30+,31-/m1/s1. The molecule has 4 fully saturated rings. The van der Waals surface area contributed by atoms with E-state index in [0.717, 1.165) is 37.7 Å². The molecular formula is C31H41NO5. The van der Waals surface area contributed by atoms with E-state index in [9.17, 15) is 20.1 Å². The monoisotopic (exact) mass is 507 g/mol. The van der Waals surface area contributed by atoms with Gasteiger partial charge < -0.3 is 20.1 Å². The van der Waals surface area contributed by atoms with Gasteiger partial charge in [-0.3, -0.25) is 4.99 Å². The van der Waals surface area contributed by atoms with Crippen LogP contribution in [0.15, 0.2) is 47.0 Å². The average Bonchev–Trinajstić information content (AvgIpc) is 3.42. The molecule has 200 valence electrons. The second-order valence-electron chi connectivity index (χ2n) is 12.8. The second kappa shape index (κ2) is 9.03. The molecule has 0 saturated heterocycles. The van der Waals surface area contributed by atoms with Crippen LogP contribution in [0.2, 0.25) is 0 Å². The van der Waals surface area contributed by atoms with Gasteiger partial charge in [0.15, 0.2) is 0 Å². The van der Waals surface area contributed by atoms with Crippen molar-refractivity contribution in [1.82, 2.24) is 0 Å². The van der Waals surface area contributed by atoms with Crippen molar-refractivity contribution in [3.05, 3.63) is 47.5 Å². The quantitative estimate of drug-likeness (QED) is 0.413. The van der Waals surface area contributed by atoms with Gasteiger partial charge in [-0.2, -0.15) is 0 Å². The van der Waals surface area contributed by atoms with Crippen LogP contribution in [-0.4, -0.2) is 58.0 Å². The Morgan fingerprint density at radius 3 is 2.57 bits per heavy atom. The number of aliphatic imine (C=N–C) groups is 1. The van der Waals surface area contributed by atoms with E-state index in [2.05, 4.69) is 25.3 Å². The number of rotatable bonds is 5. The molecule has 6 heteroatoms. The Bertz CT molecular complexity index is 1100. The van der Waals surface area contributed by atoms with Crippen molar-refractivity contribution in [1.29, 1.82) is 0 Å². The summed E-state index contributed by atoms with van der Waals surface area (Å²) in [4.78, 5) is 16.8. The van der Waals surface area contributed by atoms with Crippen LogP contribution in [0.1, 0.15) is 70.3 Å². The lowest BCUT2D eigenvalue weighted by atomic mass is 9.41. The lowest BCUT2D eigenvalue weighted by Gasteiger charge is -2.65. The smallest absolute Gasteiger partial charge is 0.331 e. The first kappa shape index (κ1) is 25.3. The number of esters is 1. The van der Waals surface area contributed by atoms with Crippen LogP contribution in [0, 0.1) is 28.6 Å². The molecule has 0 unspecified atom stereocenters. The number of hydrogen-bond donors (Lipinski definition) is 3. The van der Waals surface area contributed by atoms with Crippen LogP contribution in [0.4, 0.5) is 0 Å². The fourth-order valence-corrected chi connectivity index (χ4v) is 9.43. The molecule has 0 spiro atoms. The van der Waals surface area contributed by atoms with Gasteiger partial charge in [-0.15, -0.1) is 0 Å². The van der Waals surface area contributed by atoms with Gasteiger partial charge in [0.25, 0.3) is 0 Å². The minimum atomic E-state index is -1.00. The van der Waals surface area contributed by atoms with Gasteiger partial charge in [-0.05, 0) is 86.7 Å². The number of ether oxygens (including phenoxy) is 1. The van der Waals surface area contributed by atoms with Crippen LogP contribution >= 0.6 is 0 Å². The summed E-state index contributed by atoms with van der Waals surface area (Å²) in [5.41, 5.74) is -0.424. The molecule has 37 heavy (non-hydrogen) atoms. The van der Waals surface area contributed by atoms with Gasteiger partial charge in [-0.1, -0.05) is 37.3 Å². The van der Waals surface area contributed by atoms with Gasteiger partial charge in [0.05, 0.1) is 17.3 Å². The number of aliphatic hydroxyl groups is 3. The Morgan fingerprint density at radius 2 is 1.81 bits per heavy atom. The maximum Gasteiger partial charge on any atom is 0.331 e. The van der Waals surface area contributed by atoms with Crippen LogP contribution in [-0.2, 0) is 16.0 Å². The number of carbonyl (C=O) groups is 1. The molecule has 6 nitrogen and oxygen atoms in total. The molecule has 1 heterocycles. The molecule has 1 aromatic rings. The van der Waals surface area contributed by atoms with Crippen LogP contribution in [0.25, 0.3) is 0 Å². The summed E-state index contributed by atoms with van der Waals surface area (Å²) in [5.74, 6) is 0.0590. The predicted molar refractivity (Wildman–Crippen MR) is 141 cm³/mol. The Hall–Kier alpha value is -2.02. The van der Waals surface area contributed by atoms with Gasteiger partial charge in [-0.25, -0.2) is 4.79 Å². The Labute approximate surface area is 219 Å². The molecule has 0 radical (unpaired) electrons. The minimum absolute atomic E-state index is 0.0611. The number of fused-ring (bicyclic) bond motifs is 5. The summed E-state index contributed by atoms with van der Waals surface area (Å²) in [6, 6.07) is 10.3. The highest BCUT2D eigenvalue weighted by atomic mass is 16.5. The molecule has 3 N–H and O–H groups in total. The first-order valence-electron chi connectivity index (χ1n) is 14.3. The Morgan fingerprint density at radius 1 is 1.03 bits per heavy atom. The summed E-state index contributed by atoms with van der Waals surface area (Å²) >= 11 is 0. The molecule has 6 rings (SSSR count). The zero-order valence-electron chi connectivity index (χ0n) is 21.9.